The van der Waals surface area contributed by atoms with Gasteiger partial charge in [-0.2, -0.15) is 0 Å². The fourth-order valence-corrected chi connectivity index (χ4v) is 3.28. The zero-order valence-electron chi connectivity index (χ0n) is 16.5. The molecule has 0 aliphatic carbocycles. The summed E-state index contributed by atoms with van der Waals surface area (Å²) in [5, 5.41) is 2.95. The maximum Gasteiger partial charge on any atom is 0.332 e. The van der Waals surface area contributed by atoms with Gasteiger partial charge in [-0.25, -0.2) is 14.3 Å². The highest BCUT2D eigenvalue weighted by molar-refractivity contribution is 5.83. The van der Waals surface area contributed by atoms with Crippen molar-refractivity contribution in [1.29, 1.82) is 0 Å². The van der Waals surface area contributed by atoms with Gasteiger partial charge in [-0.3, -0.25) is 14.2 Å². The summed E-state index contributed by atoms with van der Waals surface area (Å²) < 4.78 is 13.4. The van der Waals surface area contributed by atoms with Gasteiger partial charge in [-0.05, 0) is 26.2 Å². The Hall–Kier alpha value is -2.68. The van der Waals surface area contributed by atoms with E-state index in [0.717, 1.165) is 23.8 Å². The smallest absolute Gasteiger partial charge is 0.332 e. The third-order valence-electron chi connectivity index (χ3n) is 4.79. The Bertz CT molecular complexity index is 988. The topological polar surface area (TPSA) is 104 Å². The first-order chi connectivity index (χ1) is 13.4. The summed E-state index contributed by atoms with van der Waals surface area (Å²) in [5.74, 6) is -0.00773. The van der Waals surface area contributed by atoms with Crippen LogP contribution in [-0.4, -0.2) is 45.9 Å². The lowest BCUT2D eigenvalue weighted by Crippen LogP contribution is -2.44. The molecule has 1 aliphatic heterocycles. The Labute approximate surface area is 162 Å². The van der Waals surface area contributed by atoms with E-state index in [2.05, 4.69) is 10.3 Å². The Morgan fingerprint density at radius 3 is 2.89 bits per heavy atom. The second-order valence-corrected chi connectivity index (χ2v) is 6.99. The molecule has 1 fully saturated rings. The first-order valence-electron chi connectivity index (χ1n) is 9.54. The number of nitrogens with one attached hydrogen (secondary N) is 1. The van der Waals surface area contributed by atoms with E-state index >= 15 is 0 Å². The van der Waals surface area contributed by atoms with Crippen molar-refractivity contribution in [2.45, 2.75) is 45.8 Å². The summed E-state index contributed by atoms with van der Waals surface area (Å²) in [4.78, 5) is 42.3. The van der Waals surface area contributed by atoms with Gasteiger partial charge in [0.15, 0.2) is 5.65 Å². The predicted molar refractivity (Wildman–Crippen MR) is 104 cm³/mol. The van der Waals surface area contributed by atoms with E-state index in [9.17, 15) is 14.4 Å². The number of carbonyl (C=O) groups excluding carboxylic acids is 1. The van der Waals surface area contributed by atoms with Crippen LogP contribution in [0.25, 0.3) is 11.0 Å². The summed E-state index contributed by atoms with van der Waals surface area (Å²) in [5.41, 5.74) is -0.232. The molecule has 3 heterocycles. The van der Waals surface area contributed by atoms with Crippen LogP contribution in [0.3, 0.4) is 0 Å². The van der Waals surface area contributed by atoms with E-state index in [1.165, 1.54) is 11.6 Å². The van der Waals surface area contributed by atoms with E-state index < -0.39 is 17.2 Å². The molecule has 9 nitrogen and oxygen atoms in total. The Balaban J connectivity index is 1.96. The fraction of sp³-hybridized carbons (Fsp3) is 0.579. The number of hydrogen-bond acceptors (Lipinski definition) is 6. The third kappa shape index (κ3) is 3.94. The van der Waals surface area contributed by atoms with E-state index in [0.29, 0.717) is 31.1 Å². The highest BCUT2D eigenvalue weighted by Crippen LogP contribution is 2.24. The second kappa shape index (κ2) is 8.55. The molecule has 152 valence electrons. The SMILES string of the molecule is CCCOc1c(C)cnc2c1c(=O)n(CC(=O)NCC1CCCO1)c(=O)n2C. The van der Waals surface area contributed by atoms with Crippen molar-refractivity contribution in [2.75, 3.05) is 19.8 Å². The molecular weight excluding hydrogens is 364 g/mol. The molecule has 9 heteroatoms. The van der Waals surface area contributed by atoms with Crippen LogP contribution in [-0.2, 0) is 23.1 Å². The molecule has 28 heavy (non-hydrogen) atoms. The third-order valence-corrected chi connectivity index (χ3v) is 4.79. The van der Waals surface area contributed by atoms with E-state index in [4.69, 9.17) is 9.47 Å². The van der Waals surface area contributed by atoms with Gasteiger partial charge < -0.3 is 14.8 Å². The lowest BCUT2D eigenvalue weighted by atomic mass is 10.2. The number of hydrogen-bond donors (Lipinski definition) is 1. The summed E-state index contributed by atoms with van der Waals surface area (Å²) >= 11 is 0. The molecular formula is C19H26N4O5. The molecule has 0 saturated carbocycles. The zero-order valence-corrected chi connectivity index (χ0v) is 16.5. The molecule has 0 spiro atoms. The number of fused-ring (bicyclic) bond motifs is 1. The van der Waals surface area contributed by atoms with Crippen molar-refractivity contribution < 1.29 is 14.3 Å². The van der Waals surface area contributed by atoms with Gasteiger partial charge in [-0.15, -0.1) is 0 Å². The van der Waals surface area contributed by atoms with Crippen molar-refractivity contribution in [1.82, 2.24) is 19.4 Å². The summed E-state index contributed by atoms with van der Waals surface area (Å²) in [6.45, 7) is 4.89. The number of aryl methyl sites for hydroxylation is 2. The van der Waals surface area contributed by atoms with Gasteiger partial charge in [0.2, 0.25) is 5.91 Å². The number of pyridine rings is 1. The van der Waals surface area contributed by atoms with Crippen LogP contribution < -0.4 is 21.3 Å². The van der Waals surface area contributed by atoms with Crippen molar-refractivity contribution in [3.05, 3.63) is 32.6 Å². The number of nitrogens with zero attached hydrogens (tertiary/aromatic N) is 3. The quantitative estimate of drug-likeness (QED) is 0.738. The monoisotopic (exact) mass is 390 g/mol. The minimum atomic E-state index is -0.595. The lowest BCUT2D eigenvalue weighted by Gasteiger charge is -2.15. The molecule has 1 aliphatic rings. The molecule has 1 N–H and O–H groups in total. The first kappa shape index (κ1) is 20.1. The van der Waals surface area contributed by atoms with Crippen molar-refractivity contribution in [3.8, 4) is 5.75 Å². The van der Waals surface area contributed by atoms with Gasteiger partial charge >= 0.3 is 5.69 Å². The number of carbonyl (C=O) groups is 1. The molecule has 0 bridgehead atoms. The number of ether oxygens (including phenoxy) is 2. The van der Waals surface area contributed by atoms with Crippen LogP contribution in [0.2, 0.25) is 0 Å². The minimum Gasteiger partial charge on any atom is -0.492 e. The van der Waals surface area contributed by atoms with Crippen LogP contribution in [0.1, 0.15) is 31.7 Å². The standard InChI is InChI=1S/C19H26N4O5/c1-4-7-28-16-12(2)9-21-17-15(16)18(25)23(19(26)22(17)3)11-14(24)20-10-13-6-5-8-27-13/h9,13H,4-8,10-11H2,1-3H3,(H,20,24). The summed E-state index contributed by atoms with van der Waals surface area (Å²) in [6.07, 6.45) is 4.19. The number of amides is 1. The molecule has 1 saturated heterocycles. The highest BCUT2D eigenvalue weighted by Gasteiger charge is 2.21. The zero-order chi connectivity index (χ0) is 20.3. The molecule has 2 aromatic heterocycles. The average molecular weight is 390 g/mol. The molecule has 2 aromatic rings. The van der Waals surface area contributed by atoms with Crippen molar-refractivity contribution in [2.24, 2.45) is 7.05 Å². The largest absolute Gasteiger partial charge is 0.492 e. The van der Waals surface area contributed by atoms with Gasteiger partial charge in [0.05, 0.1) is 12.7 Å². The minimum absolute atomic E-state index is 0.0130. The van der Waals surface area contributed by atoms with Crippen molar-refractivity contribution >= 4 is 16.9 Å². The van der Waals surface area contributed by atoms with Gasteiger partial charge in [0, 0.05) is 32.0 Å². The van der Waals surface area contributed by atoms with E-state index in [-0.39, 0.29) is 23.7 Å². The predicted octanol–water partition coefficient (Wildman–Crippen LogP) is 0.488. The Morgan fingerprint density at radius 1 is 1.43 bits per heavy atom. The molecule has 1 unspecified atom stereocenters. The van der Waals surface area contributed by atoms with Crippen molar-refractivity contribution in [3.63, 3.8) is 0 Å². The van der Waals surface area contributed by atoms with Gasteiger partial charge in [0.1, 0.15) is 17.7 Å². The van der Waals surface area contributed by atoms with Gasteiger partial charge in [-0.1, -0.05) is 6.92 Å². The van der Waals surface area contributed by atoms with Crippen LogP contribution in [0.5, 0.6) is 5.75 Å². The summed E-state index contributed by atoms with van der Waals surface area (Å²) in [6, 6.07) is 0. The first-order valence-corrected chi connectivity index (χ1v) is 9.54. The van der Waals surface area contributed by atoms with Gasteiger partial charge in [0.25, 0.3) is 5.56 Å². The molecule has 1 amide bonds. The maximum absolute atomic E-state index is 13.1. The number of rotatable bonds is 7. The second-order valence-electron chi connectivity index (χ2n) is 6.99. The number of aromatic nitrogens is 3. The van der Waals surface area contributed by atoms with E-state index in [1.54, 1.807) is 13.1 Å². The molecule has 0 aromatic carbocycles. The van der Waals surface area contributed by atoms with Crippen LogP contribution in [0.15, 0.2) is 15.8 Å². The van der Waals surface area contributed by atoms with Crippen LogP contribution >= 0.6 is 0 Å². The average Bonchev–Trinajstić information content (AvgIpc) is 3.20. The van der Waals surface area contributed by atoms with Crippen LogP contribution in [0, 0.1) is 6.92 Å². The lowest BCUT2D eigenvalue weighted by molar-refractivity contribution is -0.122. The van der Waals surface area contributed by atoms with Crippen LogP contribution in [0.4, 0.5) is 0 Å². The molecule has 1 atom stereocenters. The fourth-order valence-electron chi connectivity index (χ4n) is 3.28. The molecule has 3 rings (SSSR count). The highest BCUT2D eigenvalue weighted by atomic mass is 16.5. The Morgan fingerprint density at radius 2 is 2.21 bits per heavy atom. The molecule has 0 radical (unpaired) electrons. The summed E-state index contributed by atoms with van der Waals surface area (Å²) in [7, 11) is 1.52. The van der Waals surface area contributed by atoms with E-state index in [1.807, 2.05) is 6.92 Å². The maximum atomic E-state index is 13.1. The normalized spacial score (nSPS) is 16.5. The Kier molecular flexibility index (Phi) is 6.13.